The van der Waals surface area contributed by atoms with E-state index in [1.54, 1.807) is 11.3 Å². The minimum atomic E-state index is 0.829. The molecule has 0 amide bonds. The first-order valence-electron chi connectivity index (χ1n) is 5.46. The van der Waals surface area contributed by atoms with Crippen LogP contribution in [0.25, 0.3) is 20.8 Å². The van der Waals surface area contributed by atoms with E-state index in [9.17, 15) is 0 Å². The summed E-state index contributed by atoms with van der Waals surface area (Å²) >= 11 is 1.71. The van der Waals surface area contributed by atoms with Gasteiger partial charge in [-0.25, -0.2) is 4.98 Å². The average Bonchev–Trinajstić information content (AvgIpc) is 2.76. The molecular formula is C14H12N2S. The number of anilines is 1. The number of aryl methyl sites for hydroxylation is 1. The minimum Gasteiger partial charge on any atom is -0.399 e. The Balaban J connectivity index is 2.17. The smallest absolute Gasteiger partial charge is 0.124 e. The summed E-state index contributed by atoms with van der Waals surface area (Å²) in [6, 6.07) is 14.3. The Kier molecular flexibility index (Phi) is 2.34. The third-order valence-corrected chi connectivity index (χ3v) is 3.90. The van der Waals surface area contributed by atoms with Crippen molar-refractivity contribution in [2.45, 2.75) is 6.92 Å². The van der Waals surface area contributed by atoms with Crippen molar-refractivity contribution in [3.05, 3.63) is 48.0 Å². The van der Waals surface area contributed by atoms with E-state index in [-0.39, 0.29) is 0 Å². The monoisotopic (exact) mass is 240 g/mol. The van der Waals surface area contributed by atoms with Gasteiger partial charge in [-0.05, 0) is 42.8 Å². The lowest BCUT2D eigenvalue weighted by Crippen LogP contribution is -1.89. The van der Waals surface area contributed by atoms with E-state index in [2.05, 4.69) is 17.1 Å². The molecule has 3 aromatic rings. The van der Waals surface area contributed by atoms with Crippen molar-refractivity contribution in [3.8, 4) is 10.6 Å². The van der Waals surface area contributed by atoms with Crippen LogP contribution in [0.3, 0.4) is 0 Å². The zero-order valence-electron chi connectivity index (χ0n) is 9.47. The van der Waals surface area contributed by atoms with Gasteiger partial charge in [-0.1, -0.05) is 12.1 Å². The van der Waals surface area contributed by atoms with Crippen molar-refractivity contribution in [3.63, 3.8) is 0 Å². The highest BCUT2D eigenvalue weighted by atomic mass is 32.1. The lowest BCUT2D eigenvalue weighted by atomic mass is 10.1. The Hall–Kier alpha value is -1.87. The summed E-state index contributed by atoms with van der Waals surface area (Å²) in [7, 11) is 0. The van der Waals surface area contributed by atoms with E-state index in [0.29, 0.717) is 0 Å². The van der Waals surface area contributed by atoms with Gasteiger partial charge in [0.05, 0.1) is 10.2 Å². The van der Waals surface area contributed by atoms with Gasteiger partial charge in [0.15, 0.2) is 0 Å². The molecule has 2 aromatic carbocycles. The summed E-state index contributed by atoms with van der Waals surface area (Å²) in [6.45, 7) is 2.02. The Morgan fingerprint density at radius 1 is 1.12 bits per heavy atom. The van der Waals surface area contributed by atoms with Crippen LogP contribution in [0.2, 0.25) is 0 Å². The molecule has 2 N–H and O–H groups in total. The van der Waals surface area contributed by atoms with Crippen LogP contribution in [0.4, 0.5) is 5.69 Å². The average molecular weight is 240 g/mol. The van der Waals surface area contributed by atoms with Crippen LogP contribution in [0.5, 0.6) is 0 Å². The summed E-state index contributed by atoms with van der Waals surface area (Å²) < 4.78 is 1.22. The van der Waals surface area contributed by atoms with Crippen LogP contribution in [-0.4, -0.2) is 4.98 Å². The number of hydrogen-bond acceptors (Lipinski definition) is 3. The SMILES string of the molecule is Cc1cc(-c2nc3ccccc3s2)ccc1N. The molecule has 0 unspecified atom stereocenters. The van der Waals surface area contributed by atoms with Crippen LogP contribution in [0.15, 0.2) is 42.5 Å². The highest BCUT2D eigenvalue weighted by Crippen LogP contribution is 2.31. The van der Waals surface area contributed by atoms with Crippen molar-refractivity contribution < 1.29 is 0 Å². The first-order valence-corrected chi connectivity index (χ1v) is 6.28. The van der Waals surface area contributed by atoms with Crippen LogP contribution < -0.4 is 5.73 Å². The Morgan fingerprint density at radius 3 is 2.71 bits per heavy atom. The first kappa shape index (κ1) is 10.3. The number of aromatic nitrogens is 1. The second kappa shape index (κ2) is 3.86. The number of thiazole rings is 1. The van der Waals surface area contributed by atoms with E-state index in [1.165, 1.54) is 4.70 Å². The quantitative estimate of drug-likeness (QED) is 0.656. The summed E-state index contributed by atoms with van der Waals surface area (Å²) in [5.74, 6) is 0. The molecule has 2 nitrogen and oxygen atoms in total. The molecule has 1 aromatic heterocycles. The van der Waals surface area contributed by atoms with E-state index in [0.717, 1.165) is 27.3 Å². The van der Waals surface area contributed by atoms with E-state index < -0.39 is 0 Å². The molecule has 0 aliphatic heterocycles. The van der Waals surface area contributed by atoms with Crippen LogP contribution in [0.1, 0.15) is 5.56 Å². The van der Waals surface area contributed by atoms with Gasteiger partial charge in [0.25, 0.3) is 0 Å². The second-order valence-corrected chi connectivity index (χ2v) is 5.09. The van der Waals surface area contributed by atoms with Gasteiger partial charge in [-0.15, -0.1) is 11.3 Å². The summed E-state index contributed by atoms with van der Waals surface area (Å²) in [4.78, 5) is 4.63. The predicted octanol–water partition coefficient (Wildman–Crippen LogP) is 3.85. The largest absolute Gasteiger partial charge is 0.399 e. The van der Waals surface area contributed by atoms with Gasteiger partial charge in [0.2, 0.25) is 0 Å². The van der Waals surface area contributed by atoms with E-state index >= 15 is 0 Å². The van der Waals surface area contributed by atoms with Crippen LogP contribution in [0, 0.1) is 6.92 Å². The normalized spacial score (nSPS) is 10.9. The number of para-hydroxylation sites is 1. The number of nitrogens with two attached hydrogens (primary N) is 1. The topological polar surface area (TPSA) is 38.9 Å². The number of rotatable bonds is 1. The van der Waals surface area contributed by atoms with Crippen molar-refractivity contribution in [2.75, 3.05) is 5.73 Å². The van der Waals surface area contributed by atoms with Crippen LogP contribution in [-0.2, 0) is 0 Å². The second-order valence-electron chi connectivity index (χ2n) is 4.06. The molecule has 84 valence electrons. The molecule has 0 fully saturated rings. The highest BCUT2D eigenvalue weighted by molar-refractivity contribution is 7.21. The lowest BCUT2D eigenvalue weighted by Gasteiger charge is -2.01. The molecule has 0 atom stereocenters. The fraction of sp³-hybridized carbons (Fsp3) is 0.0714. The number of hydrogen-bond donors (Lipinski definition) is 1. The lowest BCUT2D eigenvalue weighted by molar-refractivity contribution is 1.43. The van der Waals surface area contributed by atoms with Crippen molar-refractivity contribution >= 4 is 27.2 Å². The maximum absolute atomic E-state index is 5.82. The Labute approximate surface area is 104 Å². The zero-order valence-corrected chi connectivity index (χ0v) is 10.3. The fourth-order valence-corrected chi connectivity index (χ4v) is 2.77. The van der Waals surface area contributed by atoms with E-state index in [4.69, 9.17) is 5.73 Å². The minimum absolute atomic E-state index is 0.829. The van der Waals surface area contributed by atoms with Crippen LogP contribution >= 0.6 is 11.3 Å². The van der Waals surface area contributed by atoms with Gasteiger partial charge in [-0.2, -0.15) is 0 Å². The number of benzene rings is 2. The molecular weight excluding hydrogens is 228 g/mol. The summed E-state index contributed by atoms with van der Waals surface area (Å²) in [5, 5.41) is 1.05. The zero-order chi connectivity index (χ0) is 11.8. The molecule has 0 aliphatic rings. The molecule has 3 heteroatoms. The Morgan fingerprint density at radius 2 is 1.94 bits per heavy atom. The number of nitrogen functional groups attached to an aromatic ring is 1. The predicted molar refractivity (Wildman–Crippen MR) is 74.2 cm³/mol. The molecule has 0 saturated heterocycles. The molecule has 0 spiro atoms. The van der Waals surface area contributed by atoms with Gasteiger partial charge in [-0.3, -0.25) is 0 Å². The third kappa shape index (κ3) is 1.78. The standard InChI is InChI=1S/C14H12N2S/c1-9-8-10(6-7-11(9)15)14-16-12-4-2-3-5-13(12)17-14/h2-8H,15H2,1H3. The Bertz CT molecular complexity index is 653. The summed E-state index contributed by atoms with van der Waals surface area (Å²) in [5.41, 5.74) is 9.95. The maximum Gasteiger partial charge on any atom is 0.124 e. The van der Waals surface area contributed by atoms with Gasteiger partial charge in [0.1, 0.15) is 5.01 Å². The summed E-state index contributed by atoms with van der Waals surface area (Å²) in [6.07, 6.45) is 0. The molecule has 0 saturated carbocycles. The molecule has 1 heterocycles. The fourth-order valence-electron chi connectivity index (χ4n) is 1.80. The third-order valence-electron chi connectivity index (χ3n) is 2.81. The van der Waals surface area contributed by atoms with E-state index in [1.807, 2.05) is 37.3 Å². The molecule has 0 aliphatic carbocycles. The van der Waals surface area contributed by atoms with Crippen molar-refractivity contribution in [1.29, 1.82) is 0 Å². The molecule has 17 heavy (non-hydrogen) atoms. The maximum atomic E-state index is 5.82. The van der Waals surface area contributed by atoms with Gasteiger partial charge < -0.3 is 5.73 Å². The van der Waals surface area contributed by atoms with Gasteiger partial charge in [0, 0.05) is 11.3 Å². The first-order chi connectivity index (χ1) is 8.24. The molecule has 0 radical (unpaired) electrons. The molecule has 0 bridgehead atoms. The molecule has 3 rings (SSSR count). The highest BCUT2D eigenvalue weighted by Gasteiger charge is 2.06. The van der Waals surface area contributed by atoms with Crippen molar-refractivity contribution in [1.82, 2.24) is 4.98 Å². The van der Waals surface area contributed by atoms with Crippen molar-refractivity contribution in [2.24, 2.45) is 0 Å². The number of nitrogens with zero attached hydrogens (tertiary/aromatic N) is 1. The van der Waals surface area contributed by atoms with Gasteiger partial charge >= 0.3 is 0 Å². The number of fused-ring (bicyclic) bond motifs is 1.